The molecule has 2 aromatic rings. The van der Waals surface area contributed by atoms with Gasteiger partial charge in [0.15, 0.2) is 18.2 Å². The molecule has 41 heavy (non-hydrogen) atoms. The number of halogens is 2. The lowest BCUT2D eigenvalue weighted by Crippen LogP contribution is -2.20. The summed E-state index contributed by atoms with van der Waals surface area (Å²) in [5.41, 5.74) is 3.16. The van der Waals surface area contributed by atoms with E-state index < -0.39 is 5.82 Å². The number of rotatable bonds is 20. The van der Waals surface area contributed by atoms with Crippen LogP contribution in [0, 0.1) is 5.82 Å². The van der Waals surface area contributed by atoms with Crippen molar-refractivity contribution in [3.8, 4) is 11.5 Å². The minimum absolute atomic E-state index is 0. The van der Waals surface area contributed by atoms with Gasteiger partial charge in [0, 0.05) is 24.0 Å². The standard InChI is InChI=1S/C33H47FN2O3S.BrH/c1-3-4-5-6-7-8-9-10-11-12-13-14-21-38-32-20-19-30(22-31(32)34)39-24-33(37)35-29-17-15-28(16-18-29)23-36-26-40-25-27(36)2;/h15-20,22,25H,3-14,21,23-24,26H2,1-2H3,(H,35,37);1H. The number of ether oxygens (including phenoxy) is 2. The van der Waals surface area contributed by atoms with Crippen LogP contribution >= 0.6 is 28.7 Å². The van der Waals surface area contributed by atoms with E-state index in [4.69, 9.17) is 9.47 Å². The zero-order valence-corrected chi connectivity index (χ0v) is 27.3. The van der Waals surface area contributed by atoms with Gasteiger partial charge in [-0.1, -0.05) is 89.7 Å². The number of amides is 1. The summed E-state index contributed by atoms with van der Waals surface area (Å²) < 4.78 is 25.6. The van der Waals surface area contributed by atoms with Crippen LogP contribution in [0.1, 0.15) is 96.5 Å². The van der Waals surface area contributed by atoms with Crippen molar-refractivity contribution in [2.75, 3.05) is 24.4 Å². The van der Waals surface area contributed by atoms with Crippen molar-refractivity contribution in [1.82, 2.24) is 4.90 Å². The van der Waals surface area contributed by atoms with E-state index in [1.807, 2.05) is 24.3 Å². The van der Waals surface area contributed by atoms with E-state index in [0.717, 1.165) is 25.3 Å². The van der Waals surface area contributed by atoms with Crippen molar-refractivity contribution >= 4 is 40.3 Å². The molecule has 0 fully saturated rings. The first-order chi connectivity index (χ1) is 19.5. The molecule has 0 spiro atoms. The Kier molecular flexibility index (Phi) is 17.6. The molecule has 1 heterocycles. The summed E-state index contributed by atoms with van der Waals surface area (Å²) in [6, 6.07) is 12.3. The van der Waals surface area contributed by atoms with Gasteiger partial charge in [-0.05, 0) is 48.6 Å². The average molecular weight is 652 g/mol. The quantitative estimate of drug-likeness (QED) is 0.145. The van der Waals surface area contributed by atoms with Crippen molar-refractivity contribution in [2.24, 2.45) is 0 Å². The molecule has 8 heteroatoms. The van der Waals surface area contributed by atoms with Gasteiger partial charge in [0.25, 0.3) is 5.91 Å². The summed E-state index contributed by atoms with van der Waals surface area (Å²) in [4.78, 5) is 14.6. The second kappa shape index (κ2) is 20.6. The summed E-state index contributed by atoms with van der Waals surface area (Å²) in [7, 11) is 0. The fraction of sp³-hybridized carbons (Fsp3) is 0.545. The molecule has 0 bridgehead atoms. The molecule has 1 N–H and O–H groups in total. The first kappa shape index (κ1) is 35.0. The third-order valence-corrected chi connectivity index (χ3v) is 8.09. The number of allylic oxidation sites excluding steroid dienone is 1. The second-order valence-electron chi connectivity index (χ2n) is 10.6. The maximum Gasteiger partial charge on any atom is 0.262 e. The Hall–Kier alpha value is -2.19. The van der Waals surface area contributed by atoms with E-state index in [0.29, 0.717) is 18.0 Å². The molecule has 3 rings (SSSR count). The van der Waals surface area contributed by atoms with Gasteiger partial charge in [0.2, 0.25) is 0 Å². The maximum absolute atomic E-state index is 14.5. The molecule has 5 nitrogen and oxygen atoms in total. The molecule has 0 atom stereocenters. The summed E-state index contributed by atoms with van der Waals surface area (Å²) >= 11 is 1.80. The molecule has 228 valence electrons. The molecule has 0 aromatic heterocycles. The number of hydrogen-bond acceptors (Lipinski definition) is 5. The highest BCUT2D eigenvalue weighted by molar-refractivity contribution is 8.93. The normalized spacial score (nSPS) is 12.6. The third-order valence-electron chi connectivity index (χ3n) is 7.12. The molecular formula is C33H48BrFN2O3S. The third kappa shape index (κ3) is 14.0. The van der Waals surface area contributed by atoms with Crippen LogP contribution in [0.4, 0.5) is 10.1 Å². The number of nitrogens with one attached hydrogen (secondary N) is 1. The van der Waals surface area contributed by atoms with Crippen LogP contribution < -0.4 is 14.8 Å². The average Bonchev–Trinajstić information content (AvgIpc) is 3.36. The number of nitrogens with zero attached hydrogens (tertiary/aromatic N) is 1. The summed E-state index contributed by atoms with van der Waals surface area (Å²) in [5, 5.41) is 4.99. The van der Waals surface area contributed by atoms with Crippen LogP contribution in [0.3, 0.4) is 0 Å². The molecule has 0 unspecified atom stereocenters. The van der Waals surface area contributed by atoms with Crippen molar-refractivity contribution in [3.63, 3.8) is 0 Å². The SMILES string of the molecule is Br.CCCCCCCCCCCCCCOc1ccc(OCC(=O)Nc2ccc(CN3CSC=C3C)cc2)cc1F. The van der Waals surface area contributed by atoms with E-state index >= 15 is 0 Å². The number of thioether (sulfide) groups is 1. The van der Waals surface area contributed by atoms with Crippen LogP contribution in [-0.4, -0.2) is 29.9 Å². The lowest BCUT2D eigenvalue weighted by molar-refractivity contribution is -0.118. The lowest BCUT2D eigenvalue weighted by Gasteiger charge is -2.19. The van der Waals surface area contributed by atoms with Crippen LogP contribution in [0.5, 0.6) is 11.5 Å². The summed E-state index contributed by atoms with van der Waals surface area (Å²) in [6.45, 7) is 5.52. The van der Waals surface area contributed by atoms with E-state index in [-0.39, 0.29) is 35.2 Å². The van der Waals surface area contributed by atoms with Crippen LogP contribution in [-0.2, 0) is 11.3 Å². The summed E-state index contributed by atoms with van der Waals surface area (Å²) in [6.07, 6.45) is 15.3. The van der Waals surface area contributed by atoms with E-state index in [2.05, 4.69) is 29.5 Å². The van der Waals surface area contributed by atoms with Crippen molar-refractivity contribution in [1.29, 1.82) is 0 Å². The maximum atomic E-state index is 14.5. The molecule has 0 radical (unpaired) electrons. The smallest absolute Gasteiger partial charge is 0.262 e. The van der Waals surface area contributed by atoms with Crippen molar-refractivity contribution in [2.45, 2.75) is 97.4 Å². The van der Waals surface area contributed by atoms with Gasteiger partial charge in [-0.2, -0.15) is 0 Å². The van der Waals surface area contributed by atoms with Gasteiger partial charge < -0.3 is 19.7 Å². The van der Waals surface area contributed by atoms with Gasteiger partial charge in [-0.15, -0.1) is 28.7 Å². The zero-order valence-electron chi connectivity index (χ0n) is 24.8. The minimum Gasteiger partial charge on any atom is -0.491 e. The Labute approximate surface area is 261 Å². The van der Waals surface area contributed by atoms with E-state index in [9.17, 15) is 9.18 Å². The predicted octanol–water partition coefficient (Wildman–Crippen LogP) is 9.87. The highest BCUT2D eigenvalue weighted by atomic mass is 79.9. The van der Waals surface area contributed by atoms with Gasteiger partial charge in [-0.25, -0.2) is 4.39 Å². The minimum atomic E-state index is -0.478. The van der Waals surface area contributed by atoms with Crippen LogP contribution in [0.25, 0.3) is 0 Å². The van der Waals surface area contributed by atoms with Crippen molar-refractivity contribution < 1.29 is 18.7 Å². The number of benzene rings is 2. The summed E-state index contributed by atoms with van der Waals surface area (Å²) in [5.74, 6) is 0.712. The van der Waals surface area contributed by atoms with Crippen LogP contribution in [0.15, 0.2) is 53.6 Å². The van der Waals surface area contributed by atoms with E-state index in [1.54, 1.807) is 23.9 Å². The number of carbonyl (C=O) groups excluding carboxylic acids is 1. The Morgan fingerprint density at radius 1 is 0.902 bits per heavy atom. The molecular weight excluding hydrogens is 603 g/mol. The molecule has 1 amide bonds. The number of carbonyl (C=O) groups is 1. The zero-order chi connectivity index (χ0) is 28.4. The number of anilines is 1. The van der Waals surface area contributed by atoms with Gasteiger partial charge in [-0.3, -0.25) is 4.79 Å². The Bertz CT molecular complexity index is 1050. The molecule has 1 aliphatic heterocycles. The fourth-order valence-corrected chi connectivity index (χ4v) is 5.61. The van der Waals surface area contributed by atoms with Crippen LogP contribution in [0.2, 0.25) is 0 Å². The predicted molar refractivity (Wildman–Crippen MR) is 176 cm³/mol. The molecule has 0 saturated heterocycles. The molecule has 0 aliphatic carbocycles. The lowest BCUT2D eigenvalue weighted by atomic mass is 10.1. The number of hydrogen-bond donors (Lipinski definition) is 1. The monoisotopic (exact) mass is 650 g/mol. The molecule has 1 aliphatic rings. The largest absolute Gasteiger partial charge is 0.491 e. The van der Waals surface area contributed by atoms with Gasteiger partial charge >= 0.3 is 0 Å². The second-order valence-corrected chi connectivity index (χ2v) is 11.4. The molecule has 0 saturated carbocycles. The van der Waals surface area contributed by atoms with Crippen molar-refractivity contribution in [3.05, 3.63) is 65.0 Å². The highest BCUT2D eigenvalue weighted by Gasteiger charge is 2.12. The Morgan fingerprint density at radius 2 is 1.54 bits per heavy atom. The topological polar surface area (TPSA) is 50.8 Å². The Morgan fingerprint density at radius 3 is 2.12 bits per heavy atom. The molecule has 2 aromatic carbocycles. The first-order valence-electron chi connectivity index (χ1n) is 15.0. The van der Waals surface area contributed by atoms with Gasteiger partial charge in [0.05, 0.1) is 12.5 Å². The van der Waals surface area contributed by atoms with E-state index in [1.165, 1.54) is 81.5 Å². The fourth-order valence-electron chi connectivity index (χ4n) is 4.67. The highest BCUT2D eigenvalue weighted by Crippen LogP contribution is 2.25. The first-order valence-corrected chi connectivity index (χ1v) is 16.1. The van der Waals surface area contributed by atoms with Gasteiger partial charge in [0.1, 0.15) is 5.75 Å². The number of unbranched alkanes of at least 4 members (excludes halogenated alkanes) is 11. The Balaban J connectivity index is 0.00000588.